The zero-order valence-electron chi connectivity index (χ0n) is 38.9. The summed E-state index contributed by atoms with van der Waals surface area (Å²) in [5, 5.41) is 68.0. The van der Waals surface area contributed by atoms with Crippen LogP contribution >= 0.6 is 0 Å². The third-order valence-corrected chi connectivity index (χ3v) is 13.9. The Kier molecular flexibility index (Phi) is 13.8. The first-order chi connectivity index (χ1) is 31.3. The summed E-state index contributed by atoms with van der Waals surface area (Å²) in [4.78, 5) is 43.4. The molecule has 16 nitrogen and oxygen atoms in total. The van der Waals surface area contributed by atoms with Crippen LogP contribution in [-0.4, -0.2) is 117 Å². The summed E-state index contributed by atoms with van der Waals surface area (Å²) in [5.74, 6) is -8.39. The van der Waals surface area contributed by atoms with Gasteiger partial charge in [0.2, 0.25) is 0 Å². The van der Waals surface area contributed by atoms with E-state index in [1.807, 2.05) is 17.1 Å². The van der Waals surface area contributed by atoms with Crippen LogP contribution in [0.4, 0.5) is 11.4 Å². The number of hydrogen-bond acceptors (Lipinski definition) is 15. The number of phenols is 3. The lowest BCUT2D eigenvalue weighted by molar-refractivity contribution is -0.160. The number of anilines is 2. The lowest BCUT2D eigenvalue weighted by Crippen LogP contribution is -2.53. The number of hydrogen-bond donors (Lipinski definition) is 6. The van der Waals surface area contributed by atoms with E-state index in [1.54, 1.807) is 39.8 Å². The maximum absolute atomic E-state index is 14.6. The molecular formula is C50H62N4O12. The average Bonchev–Trinajstić information content (AvgIpc) is 3.56. The van der Waals surface area contributed by atoms with Crippen LogP contribution in [0.15, 0.2) is 65.5 Å². The number of aromatic hydroxyl groups is 3. The quantitative estimate of drug-likeness (QED) is 0.0741. The predicted octanol–water partition coefficient (Wildman–Crippen LogP) is 6.23. The normalized spacial score (nSPS) is 31.4. The third-order valence-electron chi connectivity index (χ3n) is 13.9. The number of Topliss-reactive ketones (excluding diaryl/α,β-unsaturated/α-hetero) is 1. The Morgan fingerprint density at radius 3 is 2.39 bits per heavy atom. The molecule has 0 saturated carbocycles. The van der Waals surface area contributed by atoms with E-state index in [4.69, 9.17) is 24.0 Å². The number of amides is 1. The first-order valence-electron chi connectivity index (χ1n) is 22.5. The van der Waals surface area contributed by atoms with E-state index in [0.717, 1.165) is 12.8 Å². The molecule has 8 rings (SSSR count). The SMILES string of the molecule is CO[C@H]1/C=C/O[C@@]2(C)Oc3c(C)c(O)c4c(O)c(c(/C=N/N5CCN6c7ccccc7CCC6C5)c(O)c4c3C2=O)NC(=O)/C(C)=C\C=C\[C@H](C)[C@H](O)[C@@H](C)[C@@H](O)[C@@H](C)[C@H](OC(C)=O)[C@@H]1C. The molecule has 66 heavy (non-hydrogen) atoms. The van der Waals surface area contributed by atoms with Crippen molar-refractivity contribution < 1.29 is 58.9 Å². The summed E-state index contributed by atoms with van der Waals surface area (Å²) in [7, 11) is 1.44. The van der Waals surface area contributed by atoms with Crippen molar-refractivity contribution in [1.82, 2.24) is 5.01 Å². The highest BCUT2D eigenvalue weighted by molar-refractivity contribution is 6.23. The summed E-state index contributed by atoms with van der Waals surface area (Å²) < 4.78 is 23.8. The Labute approximate surface area is 384 Å². The summed E-state index contributed by atoms with van der Waals surface area (Å²) in [6.45, 7) is 14.4. The Bertz CT molecular complexity index is 2520. The number of rotatable bonds is 4. The van der Waals surface area contributed by atoms with Gasteiger partial charge in [-0.3, -0.25) is 19.4 Å². The molecule has 5 bridgehead atoms. The number of hydrazone groups is 1. The minimum Gasteiger partial charge on any atom is -0.507 e. The zero-order valence-corrected chi connectivity index (χ0v) is 38.9. The number of para-hydroxylation sites is 1. The number of benzene rings is 3. The molecule has 0 spiro atoms. The molecule has 0 aromatic heterocycles. The van der Waals surface area contributed by atoms with Crippen LogP contribution in [0.2, 0.25) is 0 Å². The van der Waals surface area contributed by atoms with Crippen LogP contribution in [0.5, 0.6) is 23.0 Å². The number of methoxy groups -OCH3 is 1. The van der Waals surface area contributed by atoms with Gasteiger partial charge in [-0.1, -0.05) is 64.1 Å². The topological polar surface area (TPSA) is 220 Å². The Morgan fingerprint density at radius 1 is 0.955 bits per heavy atom. The largest absolute Gasteiger partial charge is 0.507 e. The molecule has 0 radical (unpaired) electrons. The molecule has 1 unspecified atom stereocenters. The minimum absolute atomic E-state index is 0.0555. The number of aryl methyl sites for hydroxylation is 1. The molecule has 3 aromatic carbocycles. The van der Waals surface area contributed by atoms with Crippen LogP contribution in [0.1, 0.15) is 81.9 Å². The van der Waals surface area contributed by atoms with Gasteiger partial charge < -0.3 is 54.7 Å². The second-order valence-electron chi connectivity index (χ2n) is 18.3. The van der Waals surface area contributed by atoms with E-state index >= 15 is 0 Å². The number of ether oxygens (including phenoxy) is 4. The molecule has 10 atom stereocenters. The van der Waals surface area contributed by atoms with E-state index < -0.39 is 88.8 Å². The van der Waals surface area contributed by atoms with E-state index in [1.165, 1.54) is 70.7 Å². The number of nitrogens with one attached hydrogen (secondary N) is 1. The fourth-order valence-electron chi connectivity index (χ4n) is 9.84. The van der Waals surface area contributed by atoms with Gasteiger partial charge in [-0.25, -0.2) is 0 Å². The predicted molar refractivity (Wildman–Crippen MR) is 249 cm³/mol. The van der Waals surface area contributed by atoms with Crippen molar-refractivity contribution in [2.75, 3.05) is 37.0 Å². The lowest BCUT2D eigenvalue weighted by Gasteiger charge is -2.45. The Morgan fingerprint density at radius 2 is 1.68 bits per heavy atom. The van der Waals surface area contributed by atoms with Gasteiger partial charge in [0.25, 0.3) is 11.7 Å². The fraction of sp³-hybridized carbons (Fsp3) is 0.480. The van der Waals surface area contributed by atoms with Crippen molar-refractivity contribution in [2.45, 2.75) is 104 Å². The molecule has 5 heterocycles. The standard InChI is InChI=1S/C50H62N4O12/c1-25-13-12-14-26(2)49(62)52-40-34(23-51-53-20-21-54-33(24-53)18-17-32-15-10-11-16-35(32)54)44(59)37-38(45(40)60)43(58)30(6)47-39(37)48(61)50(8,66-47)64-22-19-36(63-9)27(3)46(65-31(7)55)29(5)42(57)28(4)41(25)56/h10-16,19,22-23,25,27-29,33,36,41-42,46,56-60H,17-18,20-21,24H2,1-9H3,(H,52,62)/b13-12+,22-19+,26-14-,51-23+/t25-,27+,28+,29+,33?,36-,41-,42+,46+,50-/m0/s1. The zero-order chi connectivity index (χ0) is 47.9. The highest BCUT2D eigenvalue weighted by Crippen LogP contribution is 2.55. The number of esters is 1. The number of allylic oxidation sites excluding steroid dienone is 2. The maximum Gasteiger partial charge on any atom is 0.312 e. The summed E-state index contributed by atoms with van der Waals surface area (Å²) in [6.07, 6.45) is 6.75. The van der Waals surface area contributed by atoms with Crippen LogP contribution in [-0.2, 0) is 30.2 Å². The van der Waals surface area contributed by atoms with Gasteiger partial charge >= 0.3 is 11.8 Å². The molecule has 0 aliphatic carbocycles. The minimum atomic E-state index is -2.06. The molecule has 1 fully saturated rings. The Balaban J connectivity index is 1.34. The molecular weight excluding hydrogens is 849 g/mol. The Hall–Kier alpha value is -6.10. The average molecular weight is 911 g/mol. The van der Waals surface area contributed by atoms with Crippen molar-refractivity contribution in [3.05, 3.63) is 82.7 Å². The first-order valence-corrected chi connectivity index (χ1v) is 22.5. The van der Waals surface area contributed by atoms with E-state index in [2.05, 4.69) is 22.3 Å². The van der Waals surface area contributed by atoms with Gasteiger partial charge in [0.05, 0.1) is 66.1 Å². The molecule has 5 aliphatic rings. The number of carbonyl (C=O) groups excluding carboxylic acids is 3. The fourth-order valence-corrected chi connectivity index (χ4v) is 9.84. The number of carbonyl (C=O) groups is 3. The van der Waals surface area contributed by atoms with Gasteiger partial charge in [0.15, 0.2) is 5.75 Å². The van der Waals surface area contributed by atoms with Gasteiger partial charge in [-0.05, 0) is 44.4 Å². The third kappa shape index (κ3) is 8.81. The number of fused-ring (bicyclic) bond motifs is 17. The second kappa shape index (κ2) is 19.0. The van der Waals surface area contributed by atoms with Crippen molar-refractivity contribution >= 4 is 46.0 Å². The van der Waals surface area contributed by atoms with Crippen LogP contribution in [0.3, 0.4) is 0 Å². The van der Waals surface area contributed by atoms with Crippen molar-refractivity contribution in [2.24, 2.45) is 28.8 Å². The van der Waals surface area contributed by atoms with Crippen molar-refractivity contribution in [3.63, 3.8) is 0 Å². The van der Waals surface area contributed by atoms with Crippen molar-refractivity contribution in [3.8, 4) is 23.0 Å². The summed E-state index contributed by atoms with van der Waals surface area (Å²) >= 11 is 0. The smallest absolute Gasteiger partial charge is 0.312 e. The lowest BCUT2D eigenvalue weighted by atomic mass is 9.78. The molecule has 16 heteroatoms. The van der Waals surface area contributed by atoms with Gasteiger partial charge in [-0.15, -0.1) is 0 Å². The molecule has 354 valence electrons. The number of piperazine rings is 1. The first kappa shape index (κ1) is 47.9. The van der Waals surface area contributed by atoms with Gasteiger partial charge in [0.1, 0.15) is 23.4 Å². The van der Waals surface area contributed by atoms with Crippen LogP contribution in [0.25, 0.3) is 10.8 Å². The number of ketones is 1. The molecule has 5 aliphatic heterocycles. The van der Waals surface area contributed by atoms with Gasteiger partial charge in [-0.2, -0.15) is 5.10 Å². The highest BCUT2D eigenvalue weighted by Gasteiger charge is 2.50. The van der Waals surface area contributed by atoms with Crippen molar-refractivity contribution in [1.29, 1.82) is 0 Å². The molecule has 3 aromatic rings. The summed E-state index contributed by atoms with van der Waals surface area (Å²) in [6, 6.07) is 8.50. The number of aliphatic hydroxyl groups is 2. The highest BCUT2D eigenvalue weighted by atomic mass is 16.7. The molecule has 6 N–H and O–H groups in total. The molecule has 1 saturated heterocycles. The monoisotopic (exact) mass is 910 g/mol. The van der Waals surface area contributed by atoms with Crippen LogP contribution < -0.4 is 15.0 Å². The van der Waals surface area contributed by atoms with E-state index in [-0.39, 0.29) is 50.5 Å². The van der Waals surface area contributed by atoms with Gasteiger partial charge in [0, 0.05) is 79.4 Å². The maximum atomic E-state index is 14.6. The van der Waals surface area contributed by atoms with E-state index in [9.17, 15) is 39.9 Å². The number of nitrogens with zero attached hydrogens (tertiary/aromatic N) is 3. The van der Waals surface area contributed by atoms with E-state index in [0.29, 0.717) is 19.6 Å². The van der Waals surface area contributed by atoms with Crippen LogP contribution in [0, 0.1) is 30.6 Å². The number of aliphatic hydroxyl groups excluding tert-OH is 2. The molecule has 1 amide bonds. The second-order valence-corrected chi connectivity index (χ2v) is 18.3. The number of phenolic OH excluding ortho intramolecular Hbond substituents is 3. The summed E-state index contributed by atoms with van der Waals surface area (Å²) in [5.41, 5.74) is 2.15.